The monoisotopic (exact) mass is 460 g/mol. The highest BCUT2D eigenvalue weighted by Crippen LogP contribution is 2.38. The van der Waals surface area contributed by atoms with Crippen LogP contribution in [0.25, 0.3) is 22.5 Å². The van der Waals surface area contributed by atoms with E-state index in [-0.39, 0.29) is 28.3 Å². The van der Waals surface area contributed by atoms with E-state index < -0.39 is 29.4 Å². The van der Waals surface area contributed by atoms with Crippen molar-refractivity contribution in [1.82, 2.24) is 20.6 Å². The fraction of sp³-hybridized carbons (Fsp3) is 0.0476. The lowest BCUT2D eigenvalue weighted by atomic mass is 9.99. The number of nitrogens with two attached hydrogens (primary N) is 1. The van der Waals surface area contributed by atoms with E-state index in [9.17, 15) is 26.7 Å². The van der Waals surface area contributed by atoms with Gasteiger partial charge in [0.25, 0.3) is 0 Å². The Morgan fingerprint density at radius 2 is 1.64 bits per heavy atom. The number of anilines is 2. The number of nitrogens with zero attached hydrogens (tertiary/aromatic N) is 4. The van der Waals surface area contributed by atoms with Crippen LogP contribution in [-0.2, 0) is 6.18 Å². The summed E-state index contributed by atoms with van der Waals surface area (Å²) in [5, 5.41) is 13.4. The molecule has 33 heavy (non-hydrogen) atoms. The number of tetrazole rings is 1. The van der Waals surface area contributed by atoms with Crippen molar-refractivity contribution < 1.29 is 26.7 Å². The van der Waals surface area contributed by atoms with Crippen molar-refractivity contribution in [1.29, 1.82) is 0 Å². The smallest absolute Gasteiger partial charge is 0.351 e. The maximum absolute atomic E-state index is 13.8. The number of amides is 2. The van der Waals surface area contributed by atoms with Gasteiger partial charge in [0.1, 0.15) is 11.6 Å². The second-order valence-corrected chi connectivity index (χ2v) is 6.85. The molecule has 0 aliphatic heterocycles. The molecule has 4 rings (SSSR count). The summed E-state index contributed by atoms with van der Waals surface area (Å²) in [6, 6.07) is 10.2. The lowest BCUT2D eigenvalue weighted by Gasteiger charge is -2.23. The molecule has 3 aromatic carbocycles. The van der Waals surface area contributed by atoms with Crippen LogP contribution in [0.4, 0.5) is 38.1 Å². The number of alkyl halides is 3. The molecule has 1 aromatic heterocycles. The Labute approximate surface area is 182 Å². The summed E-state index contributed by atoms with van der Waals surface area (Å²) in [4.78, 5) is 13.1. The topological polar surface area (TPSA) is 101 Å². The van der Waals surface area contributed by atoms with Crippen LogP contribution >= 0.6 is 0 Å². The van der Waals surface area contributed by atoms with Gasteiger partial charge in [0.05, 0.1) is 16.9 Å². The molecule has 0 aliphatic rings. The minimum Gasteiger partial charge on any atom is -0.351 e. The number of aromatic amines is 1. The molecule has 0 saturated heterocycles. The van der Waals surface area contributed by atoms with E-state index in [1.165, 1.54) is 30.3 Å². The normalized spacial score (nSPS) is 11.4. The zero-order valence-corrected chi connectivity index (χ0v) is 16.4. The molecule has 7 nitrogen and oxygen atoms in total. The van der Waals surface area contributed by atoms with Crippen molar-refractivity contribution >= 4 is 17.4 Å². The Hall–Kier alpha value is -4.35. The van der Waals surface area contributed by atoms with Crippen molar-refractivity contribution in [2.24, 2.45) is 5.73 Å². The molecule has 0 aliphatic carbocycles. The summed E-state index contributed by atoms with van der Waals surface area (Å²) in [6.07, 6.45) is -4.54. The lowest BCUT2D eigenvalue weighted by molar-refractivity contribution is -0.137. The molecule has 3 N–H and O–H groups in total. The Kier molecular flexibility index (Phi) is 5.50. The SMILES string of the molecule is NC(=O)N(c1cc(F)cc(F)c1)c1ccc(-c2cccc(C(F)(F)F)c2)cc1-c1nn[nH]n1. The van der Waals surface area contributed by atoms with Crippen LogP contribution in [0, 0.1) is 11.6 Å². The van der Waals surface area contributed by atoms with Crippen molar-refractivity contribution in [3.63, 3.8) is 0 Å². The number of carbonyl (C=O) groups excluding carboxylic acids is 1. The average molecular weight is 460 g/mol. The quantitative estimate of drug-likeness (QED) is 0.417. The summed E-state index contributed by atoms with van der Waals surface area (Å²) < 4.78 is 67.1. The van der Waals surface area contributed by atoms with E-state index in [0.29, 0.717) is 11.6 Å². The molecule has 4 aromatic rings. The minimum absolute atomic E-state index is 0.0260. The average Bonchev–Trinajstić information content (AvgIpc) is 3.27. The molecule has 2 amide bonds. The van der Waals surface area contributed by atoms with Gasteiger partial charge in [0, 0.05) is 11.6 Å². The van der Waals surface area contributed by atoms with E-state index in [1.54, 1.807) is 0 Å². The van der Waals surface area contributed by atoms with Gasteiger partial charge in [-0.3, -0.25) is 4.90 Å². The predicted octanol–water partition coefficient (Wildman–Crippen LogP) is 5.05. The predicted molar refractivity (Wildman–Crippen MR) is 108 cm³/mol. The first-order chi connectivity index (χ1) is 15.6. The maximum Gasteiger partial charge on any atom is 0.416 e. The highest BCUT2D eigenvalue weighted by atomic mass is 19.4. The number of H-pyrrole nitrogens is 1. The molecule has 0 bridgehead atoms. The van der Waals surface area contributed by atoms with Crippen LogP contribution in [0.3, 0.4) is 0 Å². The Balaban J connectivity index is 1.90. The molecular formula is C21H13F5N6O. The number of halogens is 5. The van der Waals surface area contributed by atoms with E-state index in [0.717, 1.165) is 29.2 Å². The fourth-order valence-corrected chi connectivity index (χ4v) is 3.29. The number of hydrogen-bond acceptors (Lipinski definition) is 4. The summed E-state index contributed by atoms with van der Waals surface area (Å²) in [5.74, 6) is -1.92. The van der Waals surface area contributed by atoms with Crippen LogP contribution in [0.5, 0.6) is 0 Å². The number of rotatable bonds is 4. The van der Waals surface area contributed by atoms with Crippen LogP contribution in [0.1, 0.15) is 5.56 Å². The summed E-state index contributed by atoms with van der Waals surface area (Å²) >= 11 is 0. The molecular weight excluding hydrogens is 447 g/mol. The van der Waals surface area contributed by atoms with E-state index in [4.69, 9.17) is 5.73 Å². The Bertz CT molecular complexity index is 1300. The summed E-state index contributed by atoms with van der Waals surface area (Å²) in [5.41, 5.74) is 5.15. The second kappa shape index (κ2) is 8.30. The van der Waals surface area contributed by atoms with Crippen LogP contribution in [0.2, 0.25) is 0 Å². The van der Waals surface area contributed by atoms with Crippen LogP contribution < -0.4 is 10.6 Å². The first-order valence-electron chi connectivity index (χ1n) is 9.24. The third kappa shape index (κ3) is 4.49. The van der Waals surface area contributed by atoms with Gasteiger partial charge in [-0.05, 0) is 52.7 Å². The first kappa shape index (κ1) is 21.9. The molecule has 0 unspecified atom stereocenters. The van der Waals surface area contributed by atoms with Crippen molar-refractivity contribution in [2.45, 2.75) is 6.18 Å². The van der Waals surface area contributed by atoms with Crippen molar-refractivity contribution in [3.05, 3.63) is 77.9 Å². The number of carbonyl (C=O) groups is 1. The summed E-state index contributed by atoms with van der Waals surface area (Å²) in [6.45, 7) is 0. The van der Waals surface area contributed by atoms with Gasteiger partial charge >= 0.3 is 12.2 Å². The highest BCUT2D eigenvalue weighted by molar-refractivity contribution is 6.02. The van der Waals surface area contributed by atoms with Crippen molar-refractivity contribution in [2.75, 3.05) is 4.90 Å². The van der Waals surface area contributed by atoms with Gasteiger partial charge < -0.3 is 5.73 Å². The van der Waals surface area contributed by atoms with Crippen LogP contribution in [0.15, 0.2) is 60.7 Å². The molecule has 0 fully saturated rings. The summed E-state index contributed by atoms with van der Waals surface area (Å²) in [7, 11) is 0. The van der Waals surface area contributed by atoms with E-state index >= 15 is 0 Å². The third-order valence-electron chi connectivity index (χ3n) is 4.67. The number of primary amides is 1. The first-order valence-corrected chi connectivity index (χ1v) is 9.24. The zero-order valence-electron chi connectivity index (χ0n) is 16.4. The number of aromatic nitrogens is 4. The van der Waals surface area contributed by atoms with Crippen molar-refractivity contribution in [3.8, 4) is 22.5 Å². The number of nitrogens with one attached hydrogen (secondary N) is 1. The molecule has 168 valence electrons. The highest BCUT2D eigenvalue weighted by Gasteiger charge is 2.30. The number of urea groups is 1. The third-order valence-corrected chi connectivity index (χ3v) is 4.67. The van der Waals surface area contributed by atoms with Gasteiger partial charge in [0.15, 0.2) is 0 Å². The molecule has 0 atom stereocenters. The minimum atomic E-state index is -4.54. The lowest BCUT2D eigenvalue weighted by Crippen LogP contribution is -2.32. The largest absolute Gasteiger partial charge is 0.416 e. The molecule has 1 heterocycles. The maximum atomic E-state index is 13.8. The fourth-order valence-electron chi connectivity index (χ4n) is 3.29. The molecule has 12 heteroatoms. The van der Waals surface area contributed by atoms with E-state index in [2.05, 4.69) is 20.6 Å². The van der Waals surface area contributed by atoms with Gasteiger partial charge in [-0.25, -0.2) is 13.6 Å². The number of benzene rings is 3. The molecule has 0 spiro atoms. The second-order valence-electron chi connectivity index (χ2n) is 6.85. The zero-order chi connectivity index (χ0) is 23.8. The molecule has 0 radical (unpaired) electrons. The van der Waals surface area contributed by atoms with E-state index in [1.807, 2.05) is 0 Å². The van der Waals surface area contributed by atoms with Gasteiger partial charge in [-0.15, -0.1) is 10.2 Å². The van der Waals surface area contributed by atoms with Gasteiger partial charge in [-0.2, -0.15) is 18.4 Å². The number of hydrogen-bond donors (Lipinski definition) is 2. The molecule has 0 saturated carbocycles. The van der Waals surface area contributed by atoms with Crippen LogP contribution in [-0.4, -0.2) is 26.7 Å². The van der Waals surface area contributed by atoms with Gasteiger partial charge in [-0.1, -0.05) is 18.2 Å². The Morgan fingerprint density at radius 1 is 0.939 bits per heavy atom. The Morgan fingerprint density at radius 3 is 2.24 bits per heavy atom. The standard InChI is InChI=1S/C21H13F5N6O/c22-14-8-15(23)10-16(9-14)32(20(27)33)18-5-4-12(7-17(18)19-28-30-31-29-19)11-2-1-3-13(6-11)21(24,25)26/h1-10H,(H2,27,33)(H,28,29,30,31). The van der Waals surface area contributed by atoms with Gasteiger partial charge in [0.2, 0.25) is 5.82 Å².